The van der Waals surface area contributed by atoms with Crippen LogP contribution in [0.15, 0.2) is 12.1 Å². The molecule has 84 valence electrons. The zero-order valence-corrected chi connectivity index (χ0v) is 9.63. The molecule has 0 saturated carbocycles. The van der Waals surface area contributed by atoms with E-state index in [1.807, 2.05) is 26.0 Å². The van der Waals surface area contributed by atoms with Crippen molar-refractivity contribution in [2.24, 2.45) is 0 Å². The van der Waals surface area contributed by atoms with E-state index < -0.39 is 5.97 Å². The van der Waals surface area contributed by atoms with Crippen molar-refractivity contribution in [2.75, 3.05) is 7.11 Å². The number of carboxylic acids is 1. The highest BCUT2D eigenvalue weighted by Gasteiger charge is 2.02. The third-order valence-electron chi connectivity index (χ3n) is 2.20. The van der Waals surface area contributed by atoms with Crippen LogP contribution in [0.2, 0.25) is 0 Å². The lowest BCUT2D eigenvalue weighted by atomic mass is 10.0. The Labute approximate surface area is 95.1 Å². The van der Waals surface area contributed by atoms with E-state index in [0.717, 1.165) is 22.4 Å². The topological polar surface area (TPSA) is 46.5 Å². The maximum absolute atomic E-state index is 10.3. The predicted octanol–water partition coefficient (Wildman–Crippen LogP) is 2.14. The van der Waals surface area contributed by atoms with Gasteiger partial charge in [0.1, 0.15) is 12.2 Å². The molecule has 0 amide bonds. The van der Waals surface area contributed by atoms with Crippen LogP contribution in [0.25, 0.3) is 0 Å². The minimum absolute atomic E-state index is 0.134. The van der Waals surface area contributed by atoms with E-state index in [1.165, 1.54) is 0 Å². The van der Waals surface area contributed by atoms with Crippen LogP contribution in [0.3, 0.4) is 0 Å². The molecule has 1 aromatic rings. The highest BCUT2D eigenvalue weighted by Crippen LogP contribution is 2.21. The summed E-state index contributed by atoms with van der Waals surface area (Å²) >= 11 is 0. The summed E-state index contributed by atoms with van der Waals surface area (Å²) < 4.78 is 5.18. The maximum atomic E-state index is 10.3. The van der Waals surface area contributed by atoms with Gasteiger partial charge in [0.15, 0.2) is 0 Å². The minimum atomic E-state index is -0.907. The van der Waals surface area contributed by atoms with Gasteiger partial charge in [0.2, 0.25) is 0 Å². The summed E-state index contributed by atoms with van der Waals surface area (Å²) in [5, 5.41) is 8.48. The van der Waals surface area contributed by atoms with Crippen molar-refractivity contribution in [2.45, 2.75) is 20.3 Å². The summed E-state index contributed by atoms with van der Waals surface area (Å²) in [6.07, 6.45) is -0.134. The molecular weight excluding hydrogens is 204 g/mol. The number of aryl methyl sites for hydroxylation is 2. The minimum Gasteiger partial charge on any atom is -0.496 e. The number of hydrogen-bond acceptors (Lipinski definition) is 2. The van der Waals surface area contributed by atoms with Crippen LogP contribution in [-0.4, -0.2) is 18.2 Å². The molecule has 0 aliphatic carbocycles. The highest BCUT2D eigenvalue weighted by atomic mass is 16.5. The van der Waals surface area contributed by atoms with Crippen molar-refractivity contribution in [1.82, 2.24) is 0 Å². The van der Waals surface area contributed by atoms with E-state index in [-0.39, 0.29) is 6.42 Å². The molecule has 1 N–H and O–H groups in total. The number of rotatable bonds is 2. The maximum Gasteiger partial charge on any atom is 0.315 e. The number of aliphatic carboxylic acids is 1. The molecule has 0 radical (unpaired) electrons. The van der Waals surface area contributed by atoms with Crippen molar-refractivity contribution >= 4 is 5.97 Å². The van der Waals surface area contributed by atoms with Gasteiger partial charge in [-0.25, -0.2) is 0 Å². The summed E-state index contributed by atoms with van der Waals surface area (Å²) in [5.74, 6) is 5.38. The quantitative estimate of drug-likeness (QED) is 0.773. The Morgan fingerprint density at radius 1 is 1.38 bits per heavy atom. The lowest BCUT2D eigenvalue weighted by molar-refractivity contribution is -0.135. The Bertz CT molecular complexity index is 464. The van der Waals surface area contributed by atoms with E-state index >= 15 is 0 Å². The highest BCUT2D eigenvalue weighted by molar-refractivity contribution is 5.70. The molecule has 1 aromatic carbocycles. The van der Waals surface area contributed by atoms with E-state index in [2.05, 4.69) is 11.8 Å². The Morgan fingerprint density at radius 3 is 2.62 bits per heavy atom. The molecule has 0 heterocycles. The van der Waals surface area contributed by atoms with Crippen LogP contribution in [0.1, 0.15) is 23.1 Å². The monoisotopic (exact) mass is 218 g/mol. The van der Waals surface area contributed by atoms with Crippen molar-refractivity contribution in [3.8, 4) is 17.6 Å². The number of ether oxygens (including phenoxy) is 1. The summed E-state index contributed by atoms with van der Waals surface area (Å²) in [5.41, 5.74) is 2.83. The van der Waals surface area contributed by atoms with E-state index in [1.54, 1.807) is 7.11 Å². The van der Waals surface area contributed by atoms with Gasteiger partial charge in [0, 0.05) is 5.56 Å². The molecule has 0 spiro atoms. The van der Waals surface area contributed by atoms with Gasteiger partial charge in [0.05, 0.1) is 7.11 Å². The van der Waals surface area contributed by atoms with Gasteiger partial charge in [-0.3, -0.25) is 4.79 Å². The second-order valence-corrected chi connectivity index (χ2v) is 3.51. The molecule has 0 bridgehead atoms. The van der Waals surface area contributed by atoms with Crippen LogP contribution >= 0.6 is 0 Å². The van der Waals surface area contributed by atoms with Gasteiger partial charge in [-0.05, 0) is 37.1 Å². The molecule has 0 aliphatic rings. The van der Waals surface area contributed by atoms with Crippen LogP contribution in [-0.2, 0) is 4.79 Å². The van der Waals surface area contributed by atoms with Gasteiger partial charge < -0.3 is 9.84 Å². The first-order valence-electron chi connectivity index (χ1n) is 4.90. The summed E-state index contributed by atoms with van der Waals surface area (Å²) in [6, 6.07) is 3.81. The number of hydrogen-bond donors (Lipinski definition) is 1. The normalized spacial score (nSPS) is 9.19. The van der Waals surface area contributed by atoms with Gasteiger partial charge in [-0.1, -0.05) is 11.8 Å². The Kier molecular flexibility index (Phi) is 3.96. The standard InChI is InChI=1S/C13H14O3/c1-9-8-12(16-3)10(2)7-11(9)5-4-6-13(14)15/h7-8H,6H2,1-3H3,(H,14,15). The molecule has 0 fully saturated rings. The van der Waals surface area contributed by atoms with Gasteiger partial charge in [-0.2, -0.15) is 0 Å². The molecule has 0 aromatic heterocycles. The first-order chi connectivity index (χ1) is 7.54. The molecule has 1 rings (SSSR count). The lowest BCUT2D eigenvalue weighted by Gasteiger charge is -2.07. The van der Waals surface area contributed by atoms with Gasteiger partial charge >= 0.3 is 5.97 Å². The fourth-order valence-corrected chi connectivity index (χ4v) is 1.36. The van der Waals surface area contributed by atoms with E-state index in [0.29, 0.717) is 0 Å². The zero-order chi connectivity index (χ0) is 12.1. The fourth-order valence-electron chi connectivity index (χ4n) is 1.36. The van der Waals surface area contributed by atoms with Crippen molar-refractivity contribution in [3.05, 3.63) is 28.8 Å². The Morgan fingerprint density at radius 2 is 2.06 bits per heavy atom. The molecule has 0 atom stereocenters. The molecule has 16 heavy (non-hydrogen) atoms. The first kappa shape index (κ1) is 12.1. The summed E-state index contributed by atoms with van der Waals surface area (Å²) in [4.78, 5) is 10.3. The second kappa shape index (κ2) is 5.22. The molecule has 3 heteroatoms. The third-order valence-corrected chi connectivity index (χ3v) is 2.20. The fraction of sp³-hybridized carbons (Fsp3) is 0.308. The van der Waals surface area contributed by atoms with E-state index in [9.17, 15) is 4.79 Å². The number of benzene rings is 1. The first-order valence-corrected chi connectivity index (χ1v) is 4.90. The predicted molar refractivity (Wildman–Crippen MR) is 61.6 cm³/mol. The molecule has 0 unspecified atom stereocenters. The average molecular weight is 218 g/mol. The zero-order valence-electron chi connectivity index (χ0n) is 9.63. The van der Waals surface area contributed by atoms with E-state index in [4.69, 9.17) is 9.84 Å². The molecule has 0 aliphatic heterocycles. The van der Waals surface area contributed by atoms with Crippen molar-refractivity contribution in [3.63, 3.8) is 0 Å². The van der Waals surface area contributed by atoms with Crippen molar-refractivity contribution < 1.29 is 14.6 Å². The molecule has 3 nitrogen and oxygen atoms in total. The van der Waals surface area contributed by atoms with Gasteiger partial charge in [0.25, 0.3) is 0 Å². The summed E-state index contributed by atoms with van der Waals surface area (Å²) in [6.45, 7) is 3.85. The third kappa shape index (κ3) is 3.03. The van der Waals surface area contributed by atoms with Gasteiger partial charge in [-0.15, -0.1) is 0 Å². The Hall–Kier alpha value is -1.95. The average Bonchev–Trinajstić information content (AvgIpc) is 2.22. The largest absolute Gasteiger partial charge is 0.496 e. The van der Waals surface area contributed by atoms with Crippen LogP contribution in [0.5, 0.6) is 5.75 Å². The smallest absolute Gasteiger partial charge is 0.315 e. The number of carbonyl (C=O) groups is 1. The lowest BCUT2D eigenvalue weighted by Crippen LogP contribution is -1.92. The van der Waals surface area contributed by atoms with Crippen LogP contribution < -0.4 is 4.74 Å². The summed E-state index contributed by atoms with van der Waals surface area (Å²) in [7, 11) is 1.62. The second-order valence-electron chi connectivity index (χ2n) is 3.51. The SMILES string of the molecule is COc1cc(C)c(C#CCC(=O)O)cc1C. The molecular formula is C13H14O3. The number of methoxy groups -OCH3 is 1. The van der Waals surface area contributed by atoms with Crippen LogP contribution in [0, 0.1) is 25.7 Å². The Balaban J connectivity index is 3.00. The van der Waals surface area contributed by atoms with Crippen LogP contribution in [0.4, 0.5) is 0 Å². The molecule has 0 saturated heterocycles. The van der Waals surface area contributed by atoms with Crippen molar-refractivity contribution in [1.29, 1.82) is 0 Å². The number of carboxylic acid groups (broad SMARTS) is 1.